The van der Waals surface area contributed by atoms with E-state index in [4.69, 9.17) is 0 Å². The van der Waals surface area contributed by atoms with Crippen molar-refractivity contribution in [2.45, 2.75) is 6.54 Å². The molecule has 2 aromatic heterocycles. The van der Waals surface area contributed by atoms with Gasteiger partial charge in [0.1, 0.15) is 0 Å². The van der Waals surface area contributed by atoms with E-state index in [-0.39, 0.29) is 0 Å². The fourth-order valence-corrected chi connectivity index (χ4v) is 1.78. The number of aromatic amines is 2. The molecule has 4 heteroatoms. The van der Waals surface area contributed by atoms with E-state index in [1.807, 2.05) is 36.7 Å². The zero-order valence-electron chi connectivity index (χ0n) is 8.70. The highest BCUT2D eigenvalue weighted by atomic mass is 15.1. The number of nitrogens with one attached hydrogen (secondary N) is 3. The Morgan fingerprint density at radius 3 is 3.06 bits per heavy atom. The van der Waals surface area contributed by atoms with Gasteiger partial charge in [-0.25, -0.2) is 0 Å². The van der Waals surface area contributed by atoms with Gasteiger partial charge in [0.15, 0.2) is 0 Å². The summed E-state index contributed by atoms with van der Waals surface area (Å²) in [4.78, 5) is 3.16. The summed E-state index contributed by atoms with van der Waals surface area (Å²) in [5.41, 5.74) is 3.29. The predicted molar refractivity (Wildman–Crippen MR) is 64.2 cm³/mol. The molecule has 0 bridgehead atoms. The standard InChI is InChI=1S/C12H12N4/c1-3-9-7-15-16-12(9)11(5-1)14-8-10-4-2-6-13-10/h1-7,13-14H,8H2,(H,15,16). The number of para-hydroxylation sites is 1. The fraction of sp³-hybridized carbons (Fsp3) is 0.0833. The second-order valence-electron chi connectivity index (χ2n) is 3.69. The monoisotopic (exact) mass is 212 g/mol. The van der Waals surface area contributed by atoms with E-state index in [1.165, 1.54) is 0 Å². The van der Waals surface area contributed by atoms with E-state index in [2.05, 4.69) is 26.6 Å². The van der Waals surface area contributed by atoms with Gasteiger partial charge < -0.3 is 10.3 Å². The van der Waals surface area contributed by atoms with Gasteiger partial charge in [-0.05, 0) is 18.2 Å². The maximum absolute atomic E-state index is 4.03. The van der Waals surface area contributed by atoms with Crippen LogP contribution in [0.4, 0.5) is 5.69 Å². The molecule has 16 heavy (non-hydrogen) atoms. The summed E-state index contributed by atoms with van der Waals surface area (Å²) < 4.78 is 0. The molecule has 3 rings (SSSR count). The van der Waals surface area contributed by atoms with Crippen molar-refractivity contribution >= 4 is 16.6 Å². The minimum atomic E-state index is 0.783. The SMILES string of the molecule is c1c[nH]c(CNc2cccc3cn[nH]c23)c1. The molecule has 0 aliphatic rings. The molecule has 80 valence electrons. The van der Waals surface area contributed by atoms with Crippen molar-refractivity contribution in [3.05, 3.63) is 48.4 Å². The van der Waals surface area contributed by atoms with Crippen LogP contribution in [0.1, 0.15) is 5.69 Å². The number of H-pyrrole nitrogens is 2. The van der Waals surface area contributed by atoms with Crippen LogP contribution in [0.5, 0.6) is 0 Å². The van der Waals surface area contributed by atoms with Crippen molar-refractivity contribution in [1.29, 1.82) is 0 Å². The van der Waals surface area contributed by atoms with Crippen LogP contribution in [0, 0.1) is 0 Å². The Morgan fingerprint density at radius 2 is 2.19 bits per heavy atom. The maximum atomic E-state index is 4.03. The molecule has 4 nitrogen and oxygen atoms in total. The first-order chi connectivity index (χ1) is 7.93. The highest BCUT2D eigenvalue weighted by Crippen LogP contribution is 2.20. The number of hydrogen-bond acceptors (Lipinski definition) is 2. The first kappa shape index (κ1) is 9.03. The minimum Gasteiger partial charge on any atom is -0.378 e. The molecule has 1 aromatic carbocycles. The van der Waals surface area contributed by atoms with Gasteiger partial charge in [0, 0.05) is 17.3 Å². The minimum absolute atomic E-state index is 0.783. The number of anilines is 1. The lowest BCUT2D eigenvalue weighted by atomic mass is 10.2. The van der Waals surface area contributed by atoms with Gasteiger partial charge in [0.2, 0.25) is 0 Å². The average molecular weight is 212 g/mol. The number of fused-ring (bicyclic) bond motifs is 1. The molecule has 0 saturated carbocycles. The molecule has 0 aliphatic heterocycles. The molecular weight excluding hydrogens is 200 g/mol. The quantitative estimate of drug-likeness (QED) is 0.624. The van der Waals surface area contributed by atoms with Crippen LogP contribution in [0.15, 0.2) is 42.7 Å². The van der Waals surface area contributed by atoms with Gasteiger partial charge in [-0.15, -0.1) is 0 Å². The molecule has 3 N–H and O–H groups in total. The Bertz CT molecular complexity index is 580. The molecule has 0 saturated heterocycles. The largest absolute Gasteiger partial charge is 0.378 e. The zero-order valence-corrected chi connectivity index (χ0v) is 8.70. The summed E-state index contributed by atoms with van der Waals surface area (Å²) in [5.74, 6) is 0. The number of hydrogen-bond donors (Lipinski definition) is 3. The van der Waals surface area contributed by atoms with E-state index in [9.17, 15) is 0 Å². The number of aromatic nitrogens is 3. The van der Waals surface area contributed by atoms with Crippen LogP contribution in [-0.2, 0) is 6.54 Å². The summed E-state index contributed by atoms with van der Waals surface area (Å²) in [6.45, 7) is 0.783. The second-order valence-corrected chi connectivity index (χ2v) is 3.69. The topological polar surface area (TPSA) is 56.5 Å². The predicted octanol–water partition coefficient (Wildman–Crippen LogP) is 2.50. The molecule has 0 fully saturated rings. The summed E-state index contributed by atoms with van der Waals surface area (Å²) >= 11 is 0. The van der Waals surface area contributed by atoms with Gasteiger partial charge in [-0.1, -0.05) is 12.1 Å². The van der Waals surface area contributed by atoms with Crippen LogP contribution in [0.3, 0.4) is 0 Å². The molecule has 0 aliphatic carbocycles. The summed E-state index contributed by atoms with van der Waals surface area (Å²) in [7, 11) is 0. The third kappa shape index (κ3) is 1.54. The number of rotatable bonds is 3. The van der Waals surface area contributed by atoms with Gasteiger partial charge in [-0.3, -0.25) is 5.10 Å². The fourth-order valence-electron chi connectivity index (χ4n) is 1.78. The van der Waals surface area contributed by atoms with Crippen LogP contribution in [0.25, 0.3) is 10.9 Å². The molecule has 3 aromatic rings. The van der Waals surface area contributed by atoms with Crippen molar-refractivity contribution in [2.24, 2.45) is 0 Å². The third-order valence-electron chi connectivity index (χ3n) is 2.61. The molecule has 2 heterocycles. The molecular formula is C12H12N4. The smallest absolute Gasteiger partial charge is 0.0881 e. The molecule has 0 spiro atoms. The van der Waals surface area contributed by atoms with Gasteiger partial charge in [0.05, 0.1) is 23.9 Å². The average Bonchev–Trinajstić information content (AvgIpc) is 2.97. The van der Waals surface area contributed by atoms with Crippen molar-refractivity contribution in [3.8, 4) is 0 Å². The normalized spacial score (nSPS) is 10.8. The zero-order chi connectivity index (χ0) is 10.8. The lowest BCUT2D eigenvalue weighted by molar-refractivity contribution is 1.07. The number of nitrogens with zero attached hydrogens (tertiary/aromatic N) is 1. The number of benzene rings is 1. The van der Waals surface area contributed by atoms with E-state index in [0.29, 0.717) is 0 Å². The highest BCUT2D eigenvalue weighted by Gasteiger charge is 2.01. The summed E-state index contributed by atoms with van der Waals surface area (Å²) in [6, 6.07) is 10.2. The van der Waals surface area contributed by atoms with Gasteiger partial charge in [-0.2, -0.15) is 5.10 Å². The van der Waals surface area contributed by atoms with Gasteiger partial charge in [0.25, 0.3) is 0 Å². The third-order valence-corrected chi connectivity index (χ3v) is 2.61. The van der Waals surface area contributed by atoms with Crippen molar-refractivity contribution in [3.63, 3.8) is 0 Å². The molecule has 0 atom stereocenters. The summed E-state index contributed by atoms with van der Waals surface area (Å²) in [6.07, 6.45) is 3.75. The van der Waals surface area contributed by atoms with E-state index in [1.54, 1.807) is 0 Å². The first-order valence-corrected chi connectivity index (χ1v) is 5.22. The molecule has 0 amide bonds. The van der Waals surface area contributed by atoms with Crippen molar-refractivity contribution in [2.75, 3.05) is 5.32 Å². The van der Waals surface area contributed by atoms with E-state index < -0.39 is 0 Å². The lowest BCUT2D eigenvalue weighted by Gasteiger charge is -2.05. The van der Waals surface area contributed by atoms with Crippen LogP contribution < -0.4 is 5.32 Å². The van der Waals surface area contributed by atoms with Crippen molar-refractivity contribution in [1.82, 2.24) is 15.2 Å². The lowest BCUT2D eigenvalue weighted by Crippen LogP contribution is -1.99. The highest BCUT2D eigenvalue weighted by molar-refractivity contribution is 5.89. The molecule has 0 unspecified atom stereocenters. The van der Waals surface area contributed by atoms with E-state index in [0.717, 1.165) is 28.8 Å². The summed E-state index contributed by atoms with van der Waals surface area (Å²) in [5, 5.41) is 11.5. The Balaban J connectivity index is 1.86. The first-order valence-electron chi connectivity index (χ1n) is 5.22. The Hall–Kier alpha value is -2.23. The Labute approximate surface area is 92.7 Å². The van der Waals surface area contributed by atoms with Crippen LogP contribution in [-0.4, -0.2) is 15.2 Å². The Kier molecular flexibility index (Phi) is 2.11. The van der Waals surface area contributed by atoms with Gasteiger partial charge >= 0.3 is 0 Å². The second kappa shape index (κ2) is 3.73. The van der Waals surface area contributed by atoms with E-state index >= 15 is 0 Å². The maximum Gasteiger partial charge on any atom is 0.0881 e. The van der Waals surface area contributed by atoms with Crippen LogP contribution in [0.2, 0.25) is 0 Å². The van der Waals surface area contributed by atoms with Crippen LogP contribution >= 0.6 is 0 Å². The Morgan fingerprint density at radius 1 is 1.19 bits per heavy atom. The molecule has 0 radical (unpaired) electrons. The van der Waals surface area contributed by atoms with Crippen molar-refractivity contribution < 1.29 is 0 Å².